The zero-order valence-electron chi connectivity index (χ0n) is 10.8. The van der Waals surface area contributed by atoms with E-state index in [0.717, 1.165) is 11.1 Å². The smallest absolute Gasteiger partial charge is 0.123 e. The van der Waals surface area contributed by atoms with Gasteiger partial charge in [0.1, 0.15) is 5.82 Å². The van der Waals surface area contributed by atoms with Gasteiger partial charge in [-0.25, -0.2) is 4.39 Å². The van der Waals surface area contributed by atoms with Crippen LogP contribution in [0.2, 0.25) is 0 Å². The summed E-state index contributed by atoms with van der Waals surface area (Å²) in [6.45, 7) is 6.44. The van der Waals surface area contributed by atoms with Gasteiger partial charge in [-0.15, -0.1) is 0 Å². The third-order valence-electron chi connectivity index (χ3n) is 3.36. The fraction of sp³-hybridized carbons (Fsp3) is 0.571. The number of hydrogen-bond acceptors (Lipinski definition) is 2. The molecule has 2 unspecified atom stereocenters. The lowest BCUT2D eigenvalue weighted by atomic mass is 9.86. The SMILES string of the molecule is Cc1cc(F)ccc1CC(O)C(CN)C(C)C. The highest BCUT2D eigenvalue weighted by molar-refractivity contribution is 5.27. The summed E-state index contributed by atoms with van der Waals surface area (Å²) in [7, 11) is 0. The maximum absolute atomic E-state index is 13.0. The van der Waals surface area contributed by atoms with E-state index in [1.165, 1.54) is 12.1 Å². The minimum Gasteiger partial charge on any atom is -0.392 e. The molecule has 0 saturated carbocycles. The first-order valence-corrected chi connectivity index (χ1v) is 6.08. The quantitative estimate of drug-likeness (QED) is 0.828. The second kappa shape index (κ2) is 6.12. The molecule has 17 heavy (non-hydrogen) atoms. The Morgan fingerprint density at radius 1 is 1.35 bits per heavy atom. The van der Waals surface area contributed by atoms with Crippen molar-refractivity contribution in [1.29, 1.82) is 0 Å². The van der Waals surface area contributed by atoms with E-state index in [9.17, 15) is 9.50 Å². The fourth-order valence-electron chi connectivity index (χ4n) is 2.14. The predicted molar refractivity (Wildman–Crippen MR) is 68.2 cm³/mol. The van der Waals surface area contributed by atoms with Gasteiger partial charge >= 0.3 is 0 Å². The number of benzene rings is 1. The molecule has 96 valence electrons. The molecule has 0 saturated heterocycles. The van der Waals surface area contributed by atoms with Gasteiger partial charge in [-0.1, -0.05) is 19.9 Å². The molecule has 1 aromatic rings. The van der Waals surface area contributed by atoms with E-state index in [1.54, 1.807) is 6.07 Å². The summed E-state index contributed by atoms with van der Waals surface area (Å²) < 4.78 is 13.0. The molecule has 0 spiro atoms. The van der Waals surface area contributed by atoms with E-state index in [4.69, 9.17) is 5.73 Å². The van der Waals surface area contributed by atoms with Gasteiger partial charge in [0, 0.05) is 0 Å². The number of aliphatic hydroxyl groups excluding tert-OH is 1. The Morgan fingerprint density at radius 3 is 2.47 bits per heavy atom. The molecule has 0 aliphatic rings. The zero-order valence-corrected chi connectivity index (χ0v) is 10.8. The molecule has 1 rings (SSSR count). The second-order valence-corrected chi connectivity index (χ2v) is 4.99. The first-order chi connectivity index (χ1) is 7.95. The van der Waals surface area contributed by atoms with Crippen LogP contribution in [-0.2, 0) is 6.42 Å². The van der Waals surface area contributed by atoms with Crippen LogP contribution in [0, 0.1) is 24.6 Å². The van der Waals surface area contributed by atoms with E-state index in [0.29, 0.717) is 18.9 Å². The van der Waals surface area contributed by atoms with Crippen molar-refractivity contribution >= 4 is 0 Å². The van der Waals surface area contributed by atoms with E-state index in [2.05, 4.69) is 13.8 Å². The maximum atomic E-state index is 13.0. The van der Waals surface area contributed by atoms with Crippen LogP contribution in [0.1, 0.15) is 25.0 Å². The molecule has 0 aromatic heterocycles. The van der Waals surface area contributed by atoms with Crippen molar-refractivity contribution in [3.63, 3.8) is 0 Å². The van der Waals surface area contributed by atoms with E-state index in [-0.39, 0.29) is 11.7 Å². The van der Waals surface area contributed by atoms with Gasteiger partial charge in [-0.05, 0) is 55.0 Å². The van der Waals surface area contributed by atoms with Gasteiger partial charge in [-0.2, -0.15) is 0 Å². The van der Waals surface area contributed by atoms with Gasteiger partial charge in [0.2, 0.25) is 0 Å². The number of rotatable bonds is 5. The van der Waals surface area contributed by atoms with Gasteiger partial charge in [0.05, 0.1) is 6.10 Å². The minimum absolute atomic E-state index is 0.0828. The monoisotopic (exact) mass is 239 g/mol. The predicted octanol–water partition coefficient (Wildman–Crippen LogP) is 2.27. The molecule has 0 aliphatic heterocycles. The van der Waals surface area contributed by atoms with Crippen molar-refractivity contribution in [2.75, 3.05) is 6.54 Å². The van der Waals surface area contributed by atoms with Crippen LogP contribution in [-0.4, -0.2) is 17.8 Å². The summed E-state index contributed by atoms with van der Waals surface area (Å²) in [5.74, 6) is 0.190. The first kappa shape index (κ1) is 14.1. The maximum Gasteiger partial charge on any atom is 0.123 e. The largest absolute Gasteiger partial charge is 0.392 e. The number of halogens is 1. The average molecular weight is 239 g/mol. The van der Waals surface area contributed by atoms with Crippen LogP contribution in [0.4, 0.5) is 4.39 Å². The molecular formula is C14H22FNO. The van der Waals surface area contributed by atoms with Crippen molar-refractivity contribution in [1.82, 2.24) is 0 Å². The summed E-state index contributed by atoms with van der Waals surface area (Å²) >= 11 is 0. The number of nitrogens with two attached hydrogens (primary N) is 1. The van der Waals surface area contributed by atoms with Crippen LogP contribution in [0.25, 0.3) is 0 Å². The third kappa shape index (κ3) is 3.79. The Bertz CT molecular complexity index is 365. The second-order valence-electron chi connectivity index (χ2n) is 4.99. The molecule has 1 aromatic carbocycles. The molecule has 0 bridgehead atoms. The lowest BCUT2D eigenvalue weighted by molar-refractivity contribution is 0.0862. The summed E-state index contributed by atoms with van der Waals surface area (Å²) in [6.07, 6.45) is 0.0655. The lowest BCUT2D eigenvalue weighted by Gasteiger charge is -2.25. The lowest BCUT2D eigenvalue weighted by Crippen LogP contribution is -2.33. The van der Waals surface area contributed by atoms with E-state index >= 15 is 0 Å². The van der Waals surface area contributed by atoms with Gasteiger partial charge in [-0.3, -0.25) is 0 Å². The molecule has 2 atom stereocenters. The fourth-order valence-corrected chi connectivity index (χ4v) is 2.14. The van der Waals surface area contributed by atoms with Crippen molar-refractivity contribution in [3.05, 3.63) is 35.1 Å². The van der Waals surface area contributed by atoms with Crippen LogP contribution in [0.15, 0.2) is 18.2 Å². The van der Waals surface area contributed by atoms with Crippen molar-refractivity contribution in [3.8, 4) is 0 Å². The number of aryl methyl sites for hydroxylation is 1. The highest BCUT2D eigenvalue weighted by atomic mass is 19.1. The summed E-state index contributed by atoms with van der Waals surface area (Å²) in [6, 6.07) is 4.67. The van der Waals surface area contributed by atoms with Crippen LogP contribution in [0.3, 0.4) is 0 Å². The van der Waals surface area contributed by atoms with Crippen molar-refractivity contribution in [2.45, 2.75) is 33.3 Å². The van der Waals surface area contributed by atoms with Crippen molar-refractivity contribution in [2.24, 2.45) is 17.6 Å². The van der Waals surface area contributed by atoms with Gasteiger partial charge in [0.15, 0.2) is 0 Å². The molecule has 0 aliphatic carbocycles. The molecule has 0 heterocycles. The zero-order chi connectivity index (χ0) is 13.0. The standard InChI is InChI=1S/C14H22FNO/c1-9(2)13(8-16)14(17)7-11-4-5-12(15)6-10(11)3/h4-6,9,13-14,17H,7-8,16H2,1-3H3. The van der Waals surface area contributed by atoms with Gasteiger partial charge < -0.3 is 10.8 Å². The third-order valence-corrected chi connectivity index (χ3v) is 3.36. The molecule has 0 fully saturated rings. The summed E-state index contributed by atoms with van der Waals surface area (Å²) in [5.41, 5.74) is 7.53. The minimum atomic E-state index is -0.468. The molecular weight excluding hydrogens is 217 g/mol. The van der Waals surface area contributed by atoms with Crippen LogP contribution < -0.4 is 5.73 Å². The Labute approximate surface area is 103 Å². The highest BCUT2D eigenvalue weighted by Crippen LogP contribution is 2.20. The Kier molecular flexibility index (Phi) is 5.09. The number of aliphatic hydroxyl groups is 1. The molecule has 3 heteroatoms. The van der Waals surface area contributed by atoms with Crippen LogP contribution in [0.5, 0.6) is 0 Å². The van der Waals surface area contributed by atoms with Gasteiger partial charge in [0.25, 0.3) is 0 Å². The Morgan fingerprint density at radius 2 is 2.00 bits per heavy atom. The van der Waals surface area contributed by atoms with E-state index in [1.807, 2.05) is 6.92 Å². The highest BCUT2D eigenvalue weighted by Gasteiger charge is 2.21. The average Bonchev–Trinajstić information content (AvgIpc) is 2.22. The topological polar surface area (TPSA) is 46.2 Å². The number of hydrogen-bond donors (Lipinski definition) is 2. The van der Waals surface area contributed by atoms with Crippen LogP contribution >= 0.6 is 0 Å². The Balaban J connectivity index is 2.76. The molecule has 0 amide bonds. The van der Waals surface area contributed by atoms with Crippen molar-refractivity contribution < 1.29 is 9.50 Å². The first-order valence-electron chi connectivity index (χ1n) is 6.08. The molecule has 3 N–H and O–H groups in total. The van der Waals surface area contributed by atoms with E-state index < -0.39 is 6.10 Å². The summed E-state index contributed by atoms with van der Waals surface area (Å²) in [5, 5.41) is 10.2. The normalized spacial score (nSPS) is 15.0. The molecule has 0 radical (unpaired) electrons. The Hall–Kier alpha value is -0.930. The summed E-state index contributed by atoms with van der Waals surface area (Å²) in [4.78, 5) is 0. The molecule has 2 nitrogen and oxygen atoms in total.